The highest BCUT2D eigenvalue weighted by molar-refractivity contribution is 9.11. The first kappa shape index (κ1) is 15.8. The summed E-state index contributed by atoms with van der Waals surface area (Å²) in [5.41, 5.74) is 5.61. The van der Waals surface area contributed by atoms with E-state index < -0.39 is 0 Å². The maximum absolute atomic E-state index is 3.70. The van der Waals surface area contributed by atoms with Gasteiger partial charge in [-0.2, -0.15) is 0 Å². The second-order valence-corrected chi connectivity index (χ2v) is 6.56. The monoisotopic (exact) mass is 394 g/mol. The molecule has 0 radical (unpaired) electrons. The Kier molecular flexibility index (Phi) is 5.86. The lowest BCUT2D eigenvalue weighted by molar-refractivity contribution is 0.912. The van der Waals surface area contributed by atoms with E-state index in [2.05, 4.69) is 68.3 Å². The van der Waals surface area contributed by atoms with Gasteiger partial charge in [-0.25, -0.2) is 0 Å². The molecule has 0 aromatic heterocycles. The molecule has 0 saturated carbocycles. The minimum Gasteiger partial charge on any atom is -0.0683 e. The van der Waals surface area contributed by atoms with E-state index in [-0.39, 0.29) is 0 Å². The van der Waals surface area contributed by atoms with E-state index in [9.17, 15) is 0 Å². The highest BCUT2D eigenvalue weighted by Gasteiger charge is 2.09. The van der Waals surface area contributed by atoms with Crippen molar-refractivity contribution in [2.45, 2.75) is 39.5 Å². The third-order valence-corrected chi connectivity index (χ3v) is 5.08. The van der Waals surface area contributed by atoms with Gasteiger partial charge in [0.1, 0.15) is 0 Å². The second kappa shape index (κ2) is 7.42. The largest absolute Gasteiger partial charge is 0.0683 e. The third-order valence-electron chi connectivity index (χ3n) is 3.60. The Morgan fingerprint density at radius 3 is 1.35 bits per heavy atom. The highest BCUT2D eigenvalue weighted by Crippen LogP contribution is 2.29. The molecule has 0 aliphatic heterocycles. The van der Waals surface area contributed by atoms with Gasteiger partial charge in [0.2, 0.25) is 0 Å². The number of benzene rings is 2. The van der Waals surface area contributed by atoms with Crippen LogP contribution in [0.15, 0.2) is 45.3 Å². The molecule has 2 heteroatoms. The van der Waals surface area contributed by atoms with E-state index in [1.165, 1.54) is 31.2 Å². The number of rotatable bonds is 0. The van der Waals surface area contributed by atoms with E-state index in [1.807, 2.05) is 13.8 Å². The Labute approximate surface area is 138 Å². The molecule has 4 aliphatic rings. The molecule has 2 aromatic carbocycles. The molecule has 4 aliphatic carbocycles. The van der Waals surface area contributed by atoms with Gasteiger partial charge in [0.05, 0.1) is 0 Å². The van der Waals surface area contributed by atoms with Crippen molar-refractivity contribution < 1.29 is 0 Å². The maximum atomic E-state index is 3.70. The number of hydrogen-bond acceptors (Lipinski definition) is 0. The molecule has 0 N–H and O–H groups in total. The van der Waals surface area contributed by atoms with Gasteiger partial charge in [0.15, 0.2) is 0 Å². The van der Waals surface area contributed by atoms with Crippen molar-refractivity contribution in [3.8, 4) is 0 Å². The predicted molar refractivity (Wildman–Crippen MR) is 94.4 cm³/mol. The lowest BCUT2D eigenvalue weighted by Gasteiger charge is -2.13. The first-order valence-electron chi connectivity index (χ1n) is 7.27. The molecule has 6 rings (SSSR count). The first-order valence-corrected chi connectivity index (χ1v) is 8.85. The smallest absolute Gasteiger partial charge is 0.0210 e. The molecule has 20 heavy (non-hydrogen) atoms. The fraction of sp³-hybridized carbons (Fsp3) is 0.333. The van der Waals surface area contributed by atoms with Crippen molar-refractivity contribution >= 4 is 31.9 Å². The molecule has 106 valence electrons. The van der Waals surface area contributed by atoms with Crippen LogP contribution in [0, 0.1) is 0 Å². The van der Waals surface area contributed by atoms with Gasteiger partial charge in [0.25, 0.3) is 0 Å². The molecule has 0 fully saturated rings. The standard InChI is InChI=1S/C16H14Br2.C2H6/c17-15-10-14-8-6-12-2-1-11(3-4-12)5-7-13(15)9-16(14)18;1-2/h1-4,9-10H,5-8H2;1-2H3. The van der Waals surface area contributed by atoms with Crippen molar-refractivity contribution in [2.75, 3.05) is 0 Å². The predicted octanol–water partition coefficient (Wildman–Crippen LogP) is 6.12. The lowest BCUT2D eigenvalue weighted by atomic mass is 9.97. The molecule has 0 amide bonds. The quantitative estimate of drug-likeness (QED) is 0.503. The lowest BCUT2D eigenvalue weighted by Crippen LogP contribution is -1.99. The van der Waals surface area contributed by atoms with E-state index >= 15 is 0 Å². The Hall–Kier alpha value is -0.600. The van der Waals surface area contributed by atoms with Gasteiger partial charge in [-0.1, -0.05) is 70.0 Å². The molecular weight excluding hydrogens is 376 g/mol. The van der Waals surface area contributed by atoms with E-state index in [1.54, 1.807) is 0 Å². The van der Waals surface area contributed by atoms with Gasteiger partial charge in [0, 0.05) is 8.95 Å². The number of halogens is 2. The normalized spacial score (nSPS) is 13.2. The summed E-state index contributed by atoms with van der Waals surface area (Å²) in [4.78, 5) is 0. The average molecular weight is 396 g/mol. The molecule has 0 heterocycles. The van der Waals surface area contributed by atoms with Gasteiger partial charge in [-0.3, -0.25) is 0 Å². The van der Waals surface area contributed by atoms with Crippen molar-refractivity contribution in [2.24, 2.45) is 0 Å². The van der Waals surface area contributed by atoms with Crippen LogP contribution in [-0.4, -0.2) is 0 Å². The molecule has 0 unspecified atom stereocenters. The summed E-state index contributed by atoms with van der Waals surface area (Å²) in [6, 6.07) is 13.6. The summed E-state index contributed by atoms with van der Waals surface area (Å²) in [6.45, 7) is 4.00. The van der Waals surface area contributed by atoms with Crippen molar-refractivity contribution in [1.82, 2.24) is 0 Å². The summed E-state index contributed by atoms with van der Waals surface area (Å²) in [5, 5.41) is 0. The maximum Gasteiger partial charge on any atom is 0.0210 e. The van der Waals surface area contributed by atoms with E-state index in [4.69, 9.17) is 0 Å². The zero-order valence-electron chi connectivity index (χ0n) is 12.0. The van der Waals surface area contributed by atoms with Crippen molar-refractivity contribution in [3.05, 3.63) is 67.6 Å². The minimum atomic E-state index is 1.08. The Morgan fingerprint density at radius 2 is 1.00 bits per heavy atom. The molecule has 0 saturated heterocycles. The Bertz CT molecular complexity index is 518. The zero-order chi connectivity index (χ0) is 14.5. The van der Waals surface area contributed by atoms with Crippen LogP contribution in [-0.2, 0) is 25.7 Å². The Balaban J connectivity index is 0.000000704. The summed E-state index contributed by atoms with van der Waals surface area (Å²) in [7, 11) is 0. The molecular formula is C18H20Br2. The highest BCUT2D eigenvalue weighted by atomic mass is 79.9. The van der Waals surface area contributed by atoms with Crippen LogP contribution in [0.4, 0.5) is 0 Å². The Morgan fingerprint density at radius 1 is 0.650 bits per heavy atom. The van der Waals surface area contributed by atoms with Gasteiger partial charge < -0.3 is 0 Å². The minimum absolute atomic E-state index is 1.08. The molecule has 2 aromatic rings. The number of hydrogen-bond donors (Lipinski definition) is 0. The summed E-state index contributed by atoms with van der Waals surface area (Å²) in [5.74, 6) is 0. The average Bonchev–Trinajstić information content (AvgIpc) is 2.47. The fourth-order valence-electron chi connectivity index (χ4n) is 2.44. The SMILES string of the molecule is Brc1cc2c(Br)cc1CCc1ccc(cc1)CC2.CC. The molecule has 0 spiro atoms. The van der Waals surface area contributed by atoms with Crippen LogP contribution in [0.5, 0.6) is 0 Å². The topological polar surface area (TPSA) is 0 Å². The second-order valence-electron chi connectivity index (χ2n) is 4.85. The van der Waals surface area contributed by atoms with Gasteiger partial charge in [-0.15, -0.1) is 0 Å². The van der Waals surface area contributed by atoms with Crippen LogP contribution in [0.1, 0.15) is 36.1 Å². The summed E-state index contributed by atoms with van der Waals surface area (Å²) >= 11 is 7.40. The van der Waals surface area contributed by atoms with Crippen LogP contribution in [0.3, 0.4) is 0 Å². The summed E-state index contributed by atoms with van der Waals surface area (Å²) in [6.07, 6.45) is 4.37. The number of aryl methyl sites for hydroxylation is 4. The zero-order valence-corrected chi connectivity index (χ0v) is 15.2. The third kappa shape index (κ3) is 3.73. The van der Waals surface area contributed by atoms with Crippen LogP contribution >= 0.6 is 31.9 Å². The van der Waals surface area contributed by atoms with E-state index in [0.717, 1.165) is 25.7 Å². The van der Waals surface area contributed by atoms with Crippen LogP contribution < -0.4 is 0 Å². The van der Waals surface area contributed by atoms with Crippen molar-refractivity contribution in [3.63, 3.8) is 0 Å². The van der Waals surface area contributed by atoms with Gasteiger partial charge in [-0.05, 0) is 60.1 Å². The first-order chi connectivity index (χ1) is 9.72. The van der Waals surface area contributed by atoms with Gasteiger partial charge >= 0.3 is 0 Å². The molecule has 0 nitrogen and oxygen atoms in total. The molecule has 4 bridgehead atoms. The fourth-order valence-corrected chi connectivity index (χ4v) is 3.62. The molecule has 0 atom stereocenters. The van der Waals surface area contributed by atoms with Crippen LogP contribution in [0.25, 0.3) is 0 Å². The summed E-state index contributed by atoms with van der Waals surface area (Å²) < 4.78 is 2.49. The van der Waals surface area contributed by atoms with E-state index in [0.29, 0.717) is 0 Å². The van der Waals surface area contributed by atoms with Crippen LogP contribution in [0.2, 0.25) is 0 Å². The van der Waals surface area contributed by atoms with Crippen molar-refractivity contribution in [1.29, 1.82) is 0 Å².